The standard InChI is InChI=1S/C15H21N3.ClH/c1-15-7-8-18(10-13-5-3-2-4-6-13)11-14(15)9-16-12-17-15;/h2-5,9,12-14H,6-8,10-11H2,1H3;1H. The quantitative estimate of drug-likeness (QED) is 0.764. The summed E-state index contributed by atoms with van der Waals surface area (Å²) < 4.78 is 0. The Hall–Kier alpha value is -0.930. The molecule has 3 nitrogen and oxygen atoms in total. The molecule has 0 amide bonds. The third kappa shape index (κ3) is 3.15. The van der Waals surface area contributed by atoms with Crippen LogP contribution in [-0.4, -0.2) is 42.6 Å². The Morgan fingerprint density at radius 3 is 3.05 bits per heavy atom. The van der Waals surface area contributed by atoms with E-state index >= 15 is 0 Å². The van der Waals surface area contributed by atoms with Gasteiger partial charge in [0.2, 0.25) is 0 Å². The zero-order chi connectivity index (χ0) is 12.4. The monoisotopic (exact) mass is 279 g/mol. The van der Waals surface area contributed by atoms with Crippen LogP contribution in [0, 0.1) is 11.8 Å². The molecule has 0 bridgehead atoms. The first kappa shape index (κ1) is 14.5. The maximum Gasteiger partial charge on any atom is 0.110 e. The van der Waals surface area contributed by atoms with Gasteiger partial charge in [-0.15, -0.1) is 12.4 Å². The van der Waals surface area contributed by atoms with Crippen LogP contribution in [-0.2, 0) is 0 Å². The number of hydrogen-bond acceptors (Lipinski definition) is 3. The molecule has 0 spiro atoms. The molecule has 0 aromatic heterocycles. The van der Waals surface area contributed by atoms with E-state index in [0.29, 0.717) is 11.8 Å². The lowest BCUT2D eigenvalue weighted by Crippen LogP contribution is -2.51. The maximum absolute atomic E-state index is 4.59. The highest BCUT2D eigenvalue weighted by molar-refractivity contribution is 5.85. The summed E-state index contributed by atoms with van der Waals surface area (Å²) in [5.41, 5.74) is 0.0978. The third-order valence-corrected chi connectivity index (χ3v) is 4.44. The van der Waals surface area contributed by atoms with Crippen molar-refractivity contribution in [2.75, 3.05) is 19.6 Å². The van der Waals surface area contributed by atoms with Crippen molar-refractivity contribution in [2.45, 2.75) is 25.3 Å². The molecule has 19 heavy (non-hydrogen) atoms. The average molecular weight is 280 g/mol. The number of piperidine rings is 1. The molecular formula is C15H22ClN3. The fourth-order valence-corrected chi connectivity index (χ4v) is 3.08. The van der Waals surface area contributed by atoms with Gasteiger partial charge >= 0.3 is 0 Å². The zero-order valence-corrected chi connectivity index (χ0v) is 12.2. The van der Waals surface area contributed by atoms with Crippen LogP contribution < -0.4 is 0 Å². The van der Waals surface area contributed by atoms with E-state index < -0.39 is 0 Å². The topological polar surface area (TPSA) is 28.0 Å². The van der Waals surface area contributed by atoms with Crippen molar-refractivity contribution in [1.82, 2.24) is 4.90 Å². The average Bonchev–Trinajstić information content (AvgIpc) is 2.40. The Labute approximate surface area is 121 Å². The molecule has 2 heterocycles. The van der Waals surface area contributed by atoms with E-state index in [1.165, 1.54) is 13.0 Å². The molecule has 0 saturated carbocycles. The van der Waals surface area contributed by atoms with E-state index in [1.807, 2.05) is 0 Å². The fraction of sp³-hybridized carbons (Fsp3) is 0.600. The van der Waals surface area contributed by atoms with Gasteiger partial charge in [-0.05, 0) is 25.7 Å². The zero-order valence-electron chi connectivity index (χ0n) is 11.4. The van der Waals surface area contributed by atoms with Crippen LogP contribution in [0.15, 0.2) is 34.3 Å². The number of rotatable bonds is 2. The molecule has 1 saturated heterocycles. The summed E-state index contributed by atoms with van der Waals surface area (Å²) in [5.74, 6) is 1.17. The summed E-state index contributed by atoms with van der Waals surface area (Å²) in [6.07, 6.45) is 15.1. The number of likely N-dealkylation sites (tertiary alicyclic amines) is 1. The predicted octanol–water partition coefficient (Wildman–Crippen LogP) is 2.73. The largest absolute Gasteiger partial charge is 0.302 e. The van der Waals surface area contributed by atoms with Crippen molar-refractivity contribution in [3.05, 3.63) is 24.3 Å². The highest BCUT2D eigenvalue weighted by atomic mass is 35.5. The lowest BCUT2D eigenvalue weighted by atomic mass is 9.79. The van der Waals surface area contributed by atoms with Crippen molar-refractivity contribution in [3.63, 3.8) is 0 Å². The van der Waals surface area contributed by atoms with Crippen LogP contribution in [0.25, 0.3) is 0 Å². The minimum atomic E-state index is 0. The molecule has 1 aliphatic carbocycles. The molecule has 3 unspecified atom stereocenters. The first-order valence-electron chi connectivity index (χ1n) is 6.89. The molecule has 4 heteroatoms. The van der Waals surface area contributed by atoms with Gasteiger partial charge in [-0.3, -0.25) is 4.99 Å². The number of aliphatic imine (C=N–C) groups is 2. The van der Waals surface area contributed by atoms with Gasteiger partial charge in [0.15, 0.2) is 0 Å². The van der Waals surface area contributed by atoms with Gasteiger partial charge in [-0.25, -0.2) is 4.99 Å². The van der Waals surface area contributed by atoms with Gasteiger partial charge in [-0.1, -0.05) is 24.3 Å². The minimum Gasteiger partial charge on any atom is -0.302 e. The molecule has 3 rings (SSSR count). The summed E-state index contributed by atoms with van der Waals surface area (Å²) in [6.45, 7) is 5.70. The van der Waals surface area contributed by atoms with Gasteiger partial charge < -0.3 is 4.90 Å². The van der Waals surface area contributed by atoms with Gasteiger partial charge in [0, 0.05) is 31.8 Å². The molecule has 0 aromatic carbocycles. The van der Waals surface area contributed by atoms with E-state index in [2.05, 4.69) is 52.3 Å². The van der Waals surface area contributed by atoms with Crippen molar-refractivity contribution in [3.8, 4) is 0 Å². The van der Waals surface area contributed by atoms with Crippen LogP contribution in [0.1, 0.15) is 19.8 Å². The third-order valence-electron chi connectivity index (χ3n) is 4.44. The second kappa shape index (κ2) is 6.02. The predicted molar refractivity (Wildman–Crippen MR) is 83.6 cm³/mol. The Bertz CT molecular complexity index is 427. The fourth-order valence-electron chi connectivity index (χ4n) is 3.08. The SMILES string of the molecule is CC12CCN(CC3C=CC=CC3)CC1C=NC=N2.Cl. The van der Waals surface area contributed by atoms with E-state index in [4.69, 9.17) is 0 Å². The minimum absolute atomic E-state index is 0. The van der Waals surface area contributed by atoms with Crippen molar-refractivity contribution in [2.24, 2.45) is 21.8 Å². The summed E-state index contributed by atoms with van der Waals surface area (Å²) >= 11 is 0. The van der Waals surface area contributed by atoms with Gasteiger partial charge in [-0.2, -0.15) is 0 Å². The Kier molecular flexibility index (Phi) is 4.58. The van der Waals surface area contributed by atoms with Crippen molar-refractivity contribution < 1.29 is 0 Å². The van der Waals surface area contributed by atoms with E-state index in [1.54, 1.807) is 6.34 Å². The normalized spacial score (nSPS) is 36.9. The number of halogens is 1. The Morgan fingerprint density at radius 2 is 2.26 bits per heavy atom. The Morgan fingerprint density at radius 1 is 1.37 bits per heavy atom. The Balaban J connectivity index is 0.00000133. The van der Waals surface area contributed by atoms with E-state index in [-0.39, 0.29) is 17.9 Å². The highest BCUT2D eigenvalue weighted by Gasteiger charge is 2.39. The summed E-state index contributed by atoms with van der Waals surface area (Å²) in [4.78, 5) is 11.4. The second-order valence-electron chi connectivity index (χ2n) is 5.82. The number of fused-ring (bicyclic) bond motifs is 1. The summed E-state index contributed by atoms with van der Waals surface area (Å²) in [5, 5.41) is 0. The van der Waals surface area contributed by atoms with Crippen molar-refractivity contribution >= 4 is 25.0 Å². The van der Waals surface area contributed by atoms with E-state index in [0.717, 1.165) is 19.5 Å². The van der Waals surface area contributed by atoms with E-state index in [9.17, 15) is 0 Å². The first-order chi connectivity index (χ1) is 8.76. The highest BCUT2D eigenvalue weighted by Crippen LogP contribution is 2.32. The lowest BCUT2D eigenvalue weighted by Gasteiger charge is -2.43. The van der Waals surface area contributed by atoms with Gasteiger partial charge in [0.1, 0.15) is 6.34 Å². The van der Waals surface area contributed by atoms with Crippen molar-refractivity contribution in [1.29, 1.82) is 0 Å². The molecule has 2 aliphatic heterocycles. The first-order valence-corrected chi connectivity index (χ1v) is 6.89. The van der Waals surface area contributed by atoms with Crippen LogP contribution in [0.2, 0.25) is 0 Å². The molecular weight excluding hydrogens is 258 g/mol. The molecule has 104 valence electrons. The molecule has 3 atom stereocenters. The lowest BCUT2D eigenvalue weighted by molar-refractivity contribution is 0.132. The molecule has 0 aromatic rings. The molecule has 0 N–H and O–H groups in total. The summed E-state index contributed by atoms with van der Waals surface area (Å²) in [7, 11) is 0. The van der Waals surface area contributed by atoms with Crippen LogP contribution >= 0.6 is 12.4 Å². The molecule has 1 fully saturated rings. The molecule has 3 aliphatic rings. The molecule has 0 radical (unpaired) electrons. The maximum atomic E-state index is 4.59. The second-order valence-corrected chi connectivity index (χ2v) is 5.82. The van der Waals surface area contributed by atoms with Crippen LogP contribution in [0.4, 0.5) is 0 Å². The number of nitrogens with zero attached hydrogens (tertiary/aromatic N) is 3. The summed E-state index contributed by atoms with van der Waals surface area (Å²) in [6, 6.07) is 0. The van der Waals surface area contributed by atoms with Crippen LogP contribution in [0.3, 0.4) is 0 Å². The van der Waals surface area contributed by atoms with Gasteiger partial charge in [0.25, 0.3) is 0 Å². The smallest absolute Gasteiger partial charge is 0.110 e. The van der Waals surface area contributed by atoms with Gasteiger partial charge in [0.05, 0.1) is 5.54 Å². The van der Waals surface area contributed by atoms with Crippen LogP contribution in [0.5, 0.6) is 0 Å². The number of allylic oxidation sites excluding steroid dienone is 3. The number of hydrogen-bond donors (Lipinski definition) is 0.